The molecular weight excluding hydrogens is 260 g/mol. The van der Waals surface area contributed by atoms with Gasteiger partial charge in [0.2, 0.25) is 0 Å². The second-order valence-electron chi connectivity index (χ2n) is 5.39. The number of carboxylic acids is 1. The summed E-state index contributed by atoms with van der Waals surface area (Å²) in [6, 6.07) is 0.309. The van der Waals surface area contributed by atoms with Crippen LogP contribution in [0.2, 0.25) is 0 Å². The van der Waals surface area contributed by atoms with E-state index in [4.69, 9.17) is 9.84 Å². The summed E-state index contributed by atoms with van der Waals surface area (Å²) in [7, 11) is 0. The molecule has 2 rings (SSSR count). The molecule has 0 bridgehead atoms. The van der Waals surface area contributed by atoms with Crippen LogP contribution in [0.5, 0.6) is 0 Å². The van der Waals surface area contributed by atoms with E-state index < -0.39 is 5.97 Å². The lowest BCUT2D eigenvalue weighted by Gasteiger charge is -2.31. The summed E-state index contributed by atoms with van der Waals surface area (Å²) in [6.45, 7) is 6.55. The van der Waals surface area contributed by atoms with Gasteiger partial charge in [-0.3, -0.25) is 4.90 Å². The molecule has 1 saturated heterocycles. The van der Waals surface area contributed by atoms with E-state index in [9.17, 15) is 4.79 Å². The van der Waals surface area contributed by atoms with Crippen LogP contribution in [0.3, 0.4) is 0 Å². The highest BCUT2D eigenvalue weighted by atomic mass is 16.5. The number of ether oxygens (including phenoxy) is 1. The molecule has 0 spiro atoms. The Morgan fingerprint density at radius 2 is 2.20 bits per heavy atom. The molecule has 1 fully saturated rings. The van der Waals surface area contributed by atoms with Crippen molar-refractivity contribution in [2.24, 2.45) is 0 Å². The average Bonchev–Trinajstić information content (AvgIpc) is 2.86. The van der Waals surface area contributed by atoms with Crippen molar-refractivity contribution < 1.29 is 14.6 Å². The van der Waals surface area contributed by atoms with E-state index in [1.54, 1.807) is 6.33 Å². The first kappa shape index (κ1) is 14.9. The predicted molar refractivity (Wildman–Crippen MR) is 72.3 cm³/mol. The van der Waals surface area contributed by atoms with Crippen LogP contribution in [0.25, 0.3) is 0 Å². The van der Waals surface area contributed by atoms with Crippen LogP contribution < -0.4 is 0 Å². The lowest BCUT2D eigenvalue weighted by Crippen LogP contribution is -2.37. The van der Waals surface area contributed by atoms with E-state index in [2.05, 4.69) is 28.8 Å². The van der Waals surface area contributed by atoms with Crippen molar-refractivity contribution in [1.29, 1.82) is 0 Å². The minimum absolute atomic E-state index is 0.0605. The minimum atomic E-state index is -0.905. The molecule has 20 heavy (non-hydrogen) atoms. The smallest absolute Gasteiger partial charge is 0.329 e. The number of hydrogen-bond acceptors (Lipinski definition) is 5. The average molecular weight is 282 g/mol. The van der Waals surface area contributed by atoms with Gasteiger partial charge in [0.05, 0.1) is 12.6 Å². The fraction of sp³-hybridized carbons (Fsp3) is 0.769. The predicted octanol–water partition coefficient (Wildman–Crippen LogP) is 0.925. The molecule has 0 aromatic carbocycles. The Hall–Kier alpha value is -1.47. The lowest BCUT2D eigenvalue weighted by molar-refractivity contribution is -0.145. The molecule has 1 aromatic heterocycles. The molecule has 1 aliphatic rings. The first-order valence-electron chi connectivity index (χ1n) is 7.00. The van der Waals surface area contributed by atoms with Crippen molar-refractivity contribution in [3.05, 3.63) is 12.2 Å². The summed E-state index contributed by atoms with van der Waals surface area (Å²) in [5.74, 6) is 0.0716. The van der Waals surface area contributed by atoms with Gasteiger partial charge in [-0.2, -0.15) is 5.10 Å². The molecule has 0 radical (unpaired) electrons. The number of piperidine rings is 1. The number of hydrogen-bond donors (Lipinski definition) is 1. The summed E-state index contributed by atoms with van der Waals surface area (Å²) in [5.41, 5.74) is 0. The highest BCUT2D eigenvalue weighted by Crippen LogP contribution is 2.16. The van der Waals surface area contributed by atoms with Crippen molar-refractivity contribution in [3.63, 3.8) is 0 Å². The van der Waals surface area contributed by atoms with Crippen LogP contribution >= 0.6 is 0 Å². The van der Waals surface area contributed by atoms with Crippen molar-refractivity contribution in [2.75, 3.05) is 19.7 Å². The Kier molecular flexibility index (Phi) is 5.08. The van der Waals surface area contributed by atoms with Gasteiger partial charge in [-0.15, -0.1) is 0 Å². The number of carbonyl (C=O) groups is 1. The van der Waals surface area contributed by atoms with Crippen LogP contribution in [-0.4, -0.2) is 56.5 Å². The normalized spacial score (nSPS) is 17.8. The first-order chi connectivity index (χ1) is 9.56. The second-order valence-corrected chi connectivity index (χ2v) is 5.39. The number of aliphatic carboxylic acids is 1. The van der Waals surface area contributed by atoms with Crippen molar-refractivity contribution in [1.82, 2.24) is 19.7 Å². The summed E-state index contributed by atoms with van der Waals surface area (Å²) in [6.07, 6.45) is 3.38. The van der Waals surface area contributed by atoms with Gasteiger partial charge in [-0.1, -0.05) is 0 Å². The molecule has 1 N–H and O–H groups in total. The van der Waals surface area contributed by atoms with Crippen molar-refractivity contribution in [3.8, 4) is 0 Å². The standard InChI is InChI=1S/C13H22N4O3/c1-10(2)17-12(14-9-15-17)7-16-5-3-11(4-6-16)20-8-13(18)19/h9-11H,3-8H2,1-2H3,(H,18,19). The van der Waals surface area contributed by atoms with Gasteiger partial charge >= 0.3 is 5.97 Å². The molecule has 112 valence electrons. The monoisotopic (exact) mass is 282 g/mol. The number of nitrogens with zero attached hydrogens (tertiary/aromatic N) is 4. The maximum Gasteiger partial charge on any atom is 0.329 e. The summed E-state index contributed by atoms with van der Waals surface area (Å²) in [5, 5.41) is 12.8. The molecule has 0 atom stereocenters. The second kappa shape index (κ2) is 6.81. The fourth-order valence-electron chi connectivity index (χ4n) is 2.44. The highest BCUT2D eigenvalue weighted by molar-refractivity contribution is 5.68. The Labute approximate surface area is 118 Å². The van der Waals surface area contributed by atoms with E-state index in [0.717, 1.165) is 38.3 Å². The first-order valence-corrected chi connectivity index (χ1v) is 7.00. The summed E-state index contributed by atoms with van der Waals surface area (Å²) >= 11 is 0. The molecule has 1 aromatic rings. The van der Waals surface area contributed by atoms with Gasteiger partial charge in [-0.05, 0) is 26.7 Å². The topological polar surface area (TPSA) is 80.5 Å². The zero-order valence-electron chi connectivity index (χ0n) is 12.0. The molecule has 2 heterocycles. The SMILES string of the molecule is CC(C)n1ncnc1CN1CCC(OCC(=O)O)CC1. The largest absolute Gasteiger partial charge is 0.480 e. The van der Waals surface area contributed by atoms with Crippen LogP contribution in [0.15, 0.2) is 6.33 Å². The van der Waals surface area contributed by atoms with E-state index >= 15 is 0 Å². The summed E-state index contributed by atoms with van der Waals surface area (Å²) < 4.78 is 7.27. The third kappa shape index (κ3) is 4.01. The van der Waals surface area contributed by atoms with E-state index in [0.29, 0.717) is 6.04 Å². The number of likely N-dealkylation sites (tertiary alicyclic amines) is 1. The van der Waals surface area contributed by atoms with Crippen molar-refractivity contribution >= 4 is 5.97 Å². The molecule has 0 unspecified atom stereocenters. The molecule has 7 nitrogen and oxygen atoms in total. The van der Waals surface area contributed by atoms with Gasteiger partial charge in [0.1, 0.15) is 18.8 Å². The molecular formula is C13H22N4O3. The Morgan fingerprint density at radius 1 is 1.50 bits per heavy atom. The van der Waals surface area contributed by atoms with Gasteiger partial charge < -0.3 is 9.84 Å². The molecule has 7 heteroatoms. The third-order valence-corrected chi connectivity index (χ3v) is 3.48. The molecule has 1 aliphatic heterocycles. The highest BCUT2D eigenvalue weighted by Gasteiger charge is 2.22. The van der Waals surface area contributed by atoms with E-state index in [1.165, 1.54) is 0 Å². The third-order valence-electron chi connectivity index (χ3n) is 3.48. The van der Waals surface area contributed by atoms with Crippen molar-refractivity contribution in [2.45, 2.75) is 45.4 Å². The molecule has 0 amide bonds. The Bertz CT molecular complexity index is 439. The molecule has 0 saturated carbocycles. The van der Waals surface area contributed by atoms with Gasteiger partial charge in [0.25, 0.3) is 0 Å². The van der Waals surface area contributed by atoms with E-state index in [1.807, 2.05) is 4.68 Å². The van der Waals surface area contributed by atoms with E-state index in [-0.39, 0.29) is 12.7 Å². The molecule has 0 aliphatic carbocycles. The number of carboxylic acid groups (broad SMARTS) is 1. The van der Waals surface area contributed by atoms with Crippen LogP contribution in [0.4, 0.5) is 0 Å². The maximum atomic E-state index is 10.5. The lowest BCUT2D eigenvalue weighted by atomic mass is 10.1. The summed E-state index contributed by atoms with van der Waals surface area (Å²) in [4.78, 5) is 17.1. The number of rotatable bonds is 6. The maximum absolute atomic E-state index is 10.5. The zero-order chi connectivity index (χ0) is 14.5. The fourth-order valence-corrected chi connectivity index (χ4v) is 2.44. The Balaban J connectivity index is 1.79. The Morgan fingerprint density at radius 3 is 2.80 bits per heavy atom. The van der Waals surface area contributed by atoms with Crippen LogP contribution in [0.1, 0.15) is 38.6 Å². The quantitative estimate of drug-likeness (QED) is 0.836. The van der Waals surface area contributed by atoms with Gasteiger partial charge in [0, 0.05) is 19.1 Å². The zero-order valence-corrected chi connectivity index (χ0v) is 12.0. The minimum Gasteiger partial charge on any atom is -0.480 e. The van der Waals surface area contributed by atoms with Crippen LogP contribution in [-0.2, 0) is 16.1 Å². The van der Waals surface area contributed by atoms with Gasteiger partial charge in [-0.25, -0.2) is 14.5 Å². The van der Waals surface area contributed by atoms with Gasteiger partial charge in [0.15, 0.2) is 0 Å². The number of aromatic nitrogens is 3. The van der Waals surface area contributed by atoms with Crippen LogP contribution in [0, 0.1) is 0 Å².